The number of anilines is 1. The van der Waals surface area contributed by atoms with Crippen molar-refractivity contribution in [2.24, 2.45) is 5.92 Å². The van der Waals surface area contributed by atoms with Gasteiger partial charge in [0.25, 0.3) is 0 Å². The zero-order chi connectivity index (χ0) is 18.3. The van der Waals surface area contributed by atoms with Crippen LogP contribution in [0.15, 0.2) is 22.7 Å². The van der Waals surface area contributed by atoms with Crippen molar-refractivity contribution in [2.45, 2.75) is 32.2 Å². The minimum Gasteiger partial charge on any atom is -0.354 e. The van der Waals surface area contributed by atoms with E-state index >= 15 is 0 Å². The van der Waals surface area contributed by atoms with Crippen LogP contribution in [0.25, 0.3) is 11.0 Å². The number of carbonyl (C=O) groups is 1. The van der Waals surface area contributed by atoms with Crippen molar-refractivity contribution in [2.75, 3.05) is 37.6 Å². The van der Waals surface area contributed by atoms with E-state index < -0.39 is 0 Å². The number of piperazine rings is 1. The molecule has 6 nitrogen and oxygen atoms in total. The Bertz CT molecular complexity index is 811. The second-order valence-corrected chi connectivity index (χ2v) is 8.41. The average Bonchev–Trinajstić information content (AvgIpc) is 3.03. The molecule has 1 N–H and O–H groups in total. The van der Waals surface area contributed by atoms with Crippen molar-refractivity contribution in [3.05, 3.63) is 23.2 Å². The summed E-state index contributed by atoms with van der Waals surface area (Å²) in [5.41, 5.74) is 0.735. The van der Waals surface area contributed by atoms with Crippen LogP contribution in [0.4, 0.5) is 5.82 Å². The van der Waals surface area contributed by atoms with E-state index in [1.807, 2.05) is 17.0 Å². The van der Waals surface area contributed by atoms with Gasteiger partial charge in [0, 0.05) is 49.2 Å². The zero-order valence-electron chi connectivity index (χ0n) is 15.3. The number of hydrogen-bond donors (Lipinski definition) is 1. The molecule has 0 aliphatic carbocycles. The van der Waals surface area contributed by atoms with E-state index in [0.717, 1.165) is 62.4 Å². The predicted molar refractivity (Wildman–Crippen MR) is 103 cm³/mol. The van der Waals surface area contributed by atoms with E-state index in [4.69, 9.17) is 16.1 Å². The number of hydrogen-bond acceptors (Lipinski definition) is 5. The van der Waals surface area contributed by atoms with Crippen molar-refractivity contribution in [3.8, 4) is 0 Å². The molecule has 26 heavy (non-hydrogen) atoms. The molecular weight excluding hydrogens is 352 g/mol. The first-order valence-electron chi connectivity index (χ1n) is 9.27. The Balaban J connectivity index is 1.42. The molecule has 0 spiro atoms. The number of carbonyl (C=O) groups excluding carboxylic acids is 1. The van der Waals surface area contributed by atoms with Crippen LogP contribution < -0.4 is 10.2 Å². The topological polar surface area (TPSA) is 61.6 Å². The third-order valence-corrected chi connectivity index (χ3v) is 5.67. The maximum atomic E-state index is 12.9. The monoisotopic (exact) mass is 376 g/mol. The quantitative estimate of drug-likeness (QED) is 0.873. The fraction of sp³-hybridized carbons (Fsp3) is 0.579. The Morgan fingerprint density at radius 3 is 2.81 bits per heavy atom. The van der Waals surface area contributed by atoms with Crippen molar-refractivity contribution in [3.63, 3.8) is 0 Å². The Labute approximate surface area is 158 Å². The molecule has 4 rings (SSSR count). The molecule has 2 saturated heterocycles. The van der Waals surface area contributed by atoms with Gasteiger partial charge >= 0.3 is 0 Å². The third kappa shape index (κ3) is 3.40. The summed E-state index contributed by atoms with van der Waals surface area (Å²) >= 11 is 6.12. The molecule has 140 valence electrons. The van der Waals surface area contributed by atoms with Gasteiger partial charge in [0.1, 0.15) is 0 Å². The largest absolute Gasteiger partial charge is 0.354 e. The molecular formula is C19H25ClN4O2. The Morgan fingerprint density at radius 1 is 1.31 bits per heavy atom. The number of fused-ring (bicyclic) bond motifs is 1. The fourth-order valence-corrected chi connectivity index (χ4v) is 4.22. The summed E-state index contributed by atoms with van der Waals surface area (Å²) in [6.45, 7) is 8.35. The molecule has 0 atom stereocenters. The lowest BCUT2D eigenvalue weighted by Gasteiger charge is -2.41. The molecule has 0 bridgehead atoms. The lowest BCUT2D eigenvalue weighted by atomic mass is 9.93. The third-order valence-electron chi connectivity index (χ3n) is 5.44. The highest BCUT2D eigenvalue weighted by molar-refractivity contribution is 6.31. The van der Waals surface area contributed by atoms with Crippen LogP contribution >= 0.6 is 11.6 Å². The average molecular weight is 377 g/mol. The second-order valence-electron chi connectivity index (χ2n) is 7.98. The van der Waals surface area contributed by atoms with Gasteiger partial charge in [-0.1, -0.05) is 16.8 Å². The van der Waals surface area contributed by atoms with Crippen LogP contribution in [-0.2, 0) is 4.79 Å². The summed E-state index contributed by atoms with van der Waals surface area (Å²) in [7, 11) is 0. The smallest absolute Gasteiger partial charge is 0.225 e. The summed E-state index contributed by atoms with van der Waals surface area (Å²) in [5.74, 6) is 1.23. The maximum Gasteiger partial charge on any atom is 0.225 e. The minimum absolute atomic E-state index is 0.00644. The van der Waals surface area contributed by atoms with Crippen molar-refractivity contribution < 1.29 is 9.32 Å². The van der Waals surface area contributed by atoms with E-state index in [1.165, 1.54) is 0 Å². The highest BCUT2D eigenvalue weighted by atomic mass is 35.5. The predicted octanol–water partition coefficient (Wildman–Crippen LogP) is 2.91. The maximum absolute atomic E-state index is 12.9. The first-order chi connectivity index (χ1) is 12.4. The number of nitrogens with zero attached hydrogens (tertiary/aromatic N) is 3. The van der Waals surface area contributed by atoms with Crippen LogP contribution in [0.5, 0.6) is 0 Å². The molecule has 2 aliphatic rings. The normalized spacial score (nSPS) is 21.3. The molecule has 0 unspecified atom stereocenters. The molecule has 0 saturated carbocycles. The lowest BCUT2D eigenvalue weighted by Crippen LogP contribution is -2.59. The summed E-state index contributed by atoms with van der Waals surface area (Å²) in [5, 5.41) is 9.30. The summed E-state index contributed by atoms with van der Waals surface area (Å²) in [6.07, 6.45) is 1.69. The number of rotatable bonds is 2. The number of nitrogens with one attached hydrogen (secondary N) is 1. The number of amides is 1. The van der Waals surface area contributed by atoms with Crippen LogP contribution in [0.1, 0.15) is 26.7 Å². The van der Waals surface area contributed by atoms with Crippen LogP contribution in [0.2, 0.25) is 5.02 Å². The van der Waals surface area contributed by atoms with Gasteiger partial charge in [0.05, 0.1) is 5.39 Å². The first-order valence-corrected chi connectivity index (χ1v) is 9.64. The van der Waals surface area contributed by atoms with E-state index in [1.54, 1.807) is 6.07 Å². The number of aromatic nitrogens is 1. The molecule has 2 fully saturated rings. The molecule has 2 aliphatic heterocycles. The molecule has 0 radical (unpaired) electrons. The van der Waals surface area contributed by atoms with Gasteiger partial charge in [-0.25, -0.2) is 0 Å². The second kappa shape index (κ2) is 6.74. The number of halogens is 1. The van der Waals surface area contributed by atoms with E-state index in [0.29, 0.717) is 10.9 Å². The van der Waals surface area contributed by atoms with Crippen LogP contribution in [0.3, 0.4) is 0 Å². The molecule has 1 amide bonds. The van der Waals surface area contributed by atoms with E-state index in [-0.39, 0.29) is 11.5 Å². The van der Waals surface area contributed by atoms with Crippen molar-refractivity contribution >= 4 is 34.3 Å². The molecule has 1 aromatic heterocycles. The molecule has 1 aromatic carbocycles. The number of benzene rings is 1. The van der Waals surface area contributed by atoms with Gasteiger partial charge < -0.3 is 19.6 Å². The summed E-state index contributed by atoms with van der Waals surface area (Å²) in [6, 6.07) is 5.54. The zero-order valence-corrected chi connectivity index (χ0v) is 16.1. The number of piperidine rings is 1. The Hall–Kier alpha value is -1.79. The first kappa shape index (κ1) is 17.6. The van der Waals surface area contributed by atoms with Gasteiger partial charge in [-0.15, -0.1) is 0 Å². The lowest BCUT2D eigenvalue weighted by molar-refractivity contribution is -0.138. The van der Waals surface area contributed by atoms with Gasteiger partial charge in [-0.2, -0.15) is 0 Å². The molecule has 7 heteroatoms. The van der Waals surface area contributed by atoms with Crippen molar-refractivity contribution in [1.82, 2.24) is 15.4 Å². The fourth-order valence-electron chi connectivity index (χ4n) is 4.05. The van der Waals surface area contributed by atoms with Gasteiger partial charge in [-0.3, -0.25) is 4.79 Å². The SMILES string of the molecule is CC1(C)CN(C(=O)C2CCN(c3noc4ccc(Cl)cc34)CC2)CCN1. The van der Waals surface area contributed by atoms with Crippen LogP contribution in [-0.4, -0.2) is 54.2 Å². The van der Waals surface area contributed by atoms with E-state index in [2.05, 4.69) is 29.2 Å². The standard InChI is InChI=1S/C19H25ClN4O2/c1-19(2)12-24(10-7-21-19)18(25)13-5-8-23(9-6-13)17-15-11-14(20)3-4-16(15)26-22-17/h3-4,11,13,21H,5-10,12H2,1-2H3. The van der Waals surface area contributed by atoms with Gasteiger partial charge in [0.15, 0.2) is 11.4 Å². The summed E-state index contributed by atoms with van der Waals surface area (Å²) in [4.78, 5) is 17.2. The van der Waals surface area contributed by atoms with Crippen LogP contribution in [0, 0.1) is 5.92 Å². The Kier molecular flexibility index (Phi) is 4.57. The van der Waals surface area contributed by atoms with Gasteiger partial charge in [-0.05, 0) is 44.9 Å². The van der Waals surface area contributed by atoms with E-state index in [9.17, 15) is 4.79 Å². The minimum atomic E-state index is -0.00644. The Morgan fingerprint density at radius 2 is 2.08 bits per heavy atom. The molecule has 3 heterocycles. The molecule has 2 aromatic rings. The van der Waals surface area contributed by atoms with Crippen molar-refractivity contribution in [1.29, 1.82) is 0 Å². The summed E-state index contributed by atoms with van der Waals surface area (Å²) < 4.78 is 5.42. The van der Waals surface area contributed by atoms with Gasteiger partial charge in [0.2, 0.25) is 5.91 Å². The highest BCUT2D eigenvalue weighted by Gasteiger charge is 2.34. The highest BCUT2D eigenvalue weighted by Crippen LogP contribution is 2.32.